The molecule has 88 valence electrons. The minimum Gasteiger partial charge on any atom is -0.327 e. The molecule has 0 heterocycles. The van der Waals surface area contributed by atoms with E-state index in [4.69, 9.17) is 5.73 Å². The highest BCUT2D eigenvalue weighted by atomic mass is 79.9. The van der Waals surface area contributed by atoms with E-state index in [-0.39, 0.29) is 11.9 Å². The van der Waals surface area contributed by atoms with Gasteiger partial charge in [-0.15, -0.1) is 0 Å². The van der Waals surface area contributed by atoms with Crippen LogP contribution in [0.2, 0.25) is 0 Å². The average molecular weight is 285 g/mol. The van der Waals surface area contributed by atoms with E-state index < -0.39 is 0 Å². The van der Waals surface area contributed by atoms with Gasteiger partial charge < -0.3 is 11.1 Å². The normalized spacial score (nSPS) is 12.3. The monoisotopic (exact) mass is 284 g/mol. The molecule has 1 aromatic carbocycles. The van der Waals surface area contributed by atoms with Crippen LogP contribution in [0.25, 0.3) is 0 Å². The van der Waals surface area contributed by atoms with E-state index in [0.29, 0.717) is 6.42 Å². The lowest BCUT2D eigenvalue weighted by molar-refractivity contribution is -0.116. The zero-order chi connectivity index (χ0) is 12.3. The number of amides is 1. The van der Waals surface area contributed by atoms with Gasteiger partial charge in [0.2, 0.25) is 5.91 Å². The largest absolute Gasteiger partial charge is 0.327 e. The Morgan fingerprint density at radius 1 is 1.44 bits per heavy atom. The zero-order valence-electron chi connectivity index (χ0n) is 9.80. The number of hydrogen-bond acceptors (Lipinski definition) is 2. The molecule has 0 aliphatic rings. The zero-order valence-corrected chi connectivity index (χ0v) is 11.4. The van der Waals surface area contributed by atoms with Crippen LogP contribution in [-0.2, 0) is 4.79 Å². The molecule has 3 nitrogen and oxygen atoms in total. The first-order valence-corrected chi connectivity index (χ1v) is 6.01. The molecule has 0 aromatic heterocycles. The number of rotatable bonds is 3. The highest BCUT2D eigenvalue weighted by Crippen LogP contribution is 2.25. The molecule has 1 rings (SSSR count). The Kier molecular flexibility index (Phi) is 4.50. The summed E-state index contributed by atoms with van der Waals surface area (Å²) in [6.07, 6.45) is 0.342. The van der Waals surface area contributed by atoms with Gasteiger partial charge in [0.1, 0.15) is 0 Å². The molecule has 0 saturated heterocycles. The van der Waals surface area contributed by atoms with E-state index in [9.17, 15) is 4.79 Å². The van der Waals surface area contributed by atoms with Gasteiger partial charge in [-0.25, -0.2) is 0 Å². The number of aryl methyl sites for hydroxylation is 2. The summed E-state index contributed by atoms with van der Waals surface area (Å²) in [5, 5.41) is 2.90. The SMILES string of the molecule is Cc1cc(Br)cc(C)c1NC(=O)CC(C)N. The topological polar surface area (TPSA) is 55.1 Å². The Hall–Kier alpha value is -0.870. The van der Waals surface area contributed by atoms with Gasteiger partial charge in [0, 0.05) is 22.6 Å². The van der Waals surface area contributed by atoms with Crippen molar-refractivity contribution in [3.8, 4) is 0 Å². The molecule has 16 heavy (non-hydrogen) atoms. The van der Waals surface area contributed by atoms with E-state index in [1.807, 2.05) is 32.9 Å². The summed E-state index contributed by atoms with van der Waals surface area (Å²) >= 11 is 3.42. The lowest BCUT2D eigenvalue weighted by Crippen LogP contribution is -2.24. The molecule has 0 aliphatic carbocycles. The first-order chi connectivity index (χ1) is 7.40. The van der Waals surface area contributed by atoms with Gasteiger partial charge in [0.25, 0.3) is 0 Å². The van der Waals surface area contributed by atoms with Crippen LogP contribution in [0.15, 0.2) is 16.6 Å². The van der Waals surface area contributed by atoms with E-state index in [1.165, 1.54) is 0 Å². The lowest BCUT2D eigenvalue weighted by Gasteiger charge is -2.13. The van der Waals surface area contributed by atoms with Crippen molar-refractivity contribution in [2.24, 2.45) is 5.73 Å². The van der Waals surface area contributed by atoms with Crippen LogP contribution in [0.1, 0.15) is 24.5 Å². The maximum atomic E-state index is 11.6. The van der Waals surface area contributed by atoms with Gasteiger partial charge in [-0.3, -0.25) is 4.79 Å². The molecular weight excluding hydrogens is 268 g/mol. The van der Waals surface area contributed by atoms with Crippen molar-refractivity contribution in [3.05, 3.63) is 27.7 Å². The third kappa shape index (κ3) is 3.61. The molecule has 1 unspecified atom stereocenters. The van der Waals surface area contributed by atoms with Crippen molar-refractivity contribution in [2.45, 2.75) is 33.2 Å². The fourth-order valence-corrected chi connectivity index (χ4v) is 2.28. The van der Waals surface area contributed by atoms with Crippen LogP contribution in [-0.4, -0.2) is 11.9 Å². The summed E-state index contributed by atoms with van der Waals surface area (Å²) in [7, 11) is 0. The molecule has 1 amide bonds. The predicted octanol–water partition coefficient (Wildman–Crippen LogP) is 2.74. The highest BCUT2D eigenvalue weighted by molar-refractivity contribution is 9.10. The molecule has 1 aromatic rings. The first-order valence-electron chi connectivity index (χ1n) is 5.22. The van der Waals surface area contributed by atoms with Gasteiger partial charge in [0.05, 0.1) is 0 Å². The summed E-state index contributed by atoms with van der Waals surface area (Å²) in [6, 6.07) is 3.85. The molecule has 0 spiro atoms. The first kappa shape index (κ1) is 13.2. The van der Waals surface area contributed by atoms with Crippen molar-refractivity contribution in [3.63, 3.8) is 0 Å². The number of halogens is 1. The quantitative estimate of drug-likeness (QED) is 0.897. The van der Waals surface area contributed by atoms with Crippen LogP contribution in [0.3, 0.4) is 0 Å². The predicted molar refractivity (Wildman–Crippen MR) is 70.5 cm³/mol. The van der Waals surface area contributed by atoms with Gasteiger partial charge in [0.15, 0.2) is 0 Å². The van der Waals surface area contributed by atoms with Crippen molar-refractivity contribution in [2.75, 3.05) is 5.32 Å². The smallest absolute Gasteiger partial charge is 0.225 e. The number of carbonyl (C=O) groups excluding carboxylic acids is 1. The molecule has 1 atom stereocenters. The summed E-state index contributed by atoms with van der Waals surface area (Å²) in [4.78, 5) is 11.6. The maximum Gasteiger partial charge on any atom is 0.225 e. The molecule has 4 heteroatoms. The number of nitrogens with one attached hydrogen (secondary N) is 1. The van der Waals surface area contributed by atoms with Gasteiger partial charge in [-0.05, 0) is 44.0 Å². The number of hydrogen-bond donors (Lipinski definition) is 2. The Balaban J connectivity index is 2.85. The minimum absolute atomic E-state index is 0.0384. The number of carbonyl (C=O) groups is 1. The Bertz CT molecular complexity index is 379. The second kappa shape index (κ2) is 5.46. The van der Waals surface area contributed by atoms with E-state index >= 15 is 0 Å². The maximum absolute atomic E-state index is 11.6. The Morgan fingerprint density at radius 3 is 2.38 bits per heavy atom. The second-order valence-corrected chi connectivity index (χ2v) is 5.06. The van der Waals surface area contributed by atoms with Crippen molar-refractivity contribution >= 4 is 27.5 Å². The van der Waals surface area contributed by atoms with Crippen molar-refractivity contribution < 1.29 is 4.79 Å². The summed E-state index contributed by atoms with van der Waals surface area (Å²) in [6.45, 7) is 5.76. The van der Waals surface area contributed by atoms with Gasteiger partial charge in [-0.1, -0.05) is 15.9 Å². The third-order valence-electron chi connectivity index (χ3n) is 2.27. The fraction of sp³-hybridized carbons (Fsp3) is 0.417. The van der Waals surface area contributed by atoms with E-state index in [0.717, 1.165) is 21.3 Å². The number of benzene rings is 1. The second-order valence-electron chi connectivity index (χ2n) is 4.14. The summed E-state index contributed by atoms with van der Waals surface area (Å²) in [5.74, 6) is -0.0384. The molecular formula is C12H17BrN2O. The van der Waals surface area contributed by atoms with Crippen LogP contribution in [0.5, 0.6) is 0 Å². The average Bonchev–Trinajstić information content (AvgIpc) is 2.09. The molecule has 0 fully saturated rings. The fourth-order valence-electron chi connectivity index (χ4n) is 1.59. The van der Waals surface area contributed by atoms with E-state index in [2.05, 4.69) is 21.2 Å². The summed E-state index contributed by atoms with van der Waals surface area (Å²) < 4.78 is 1.02. The lowest BCUT2D eigenvalue weighted by atomic mass is 10.1. The van der Waals surface area contributed by atoms with Crippen LogP contribution < -0.4 is 11.1 Å². The van der Waals surface area contributed by atoms with Crippen molar-refractivity contribution in [1.29, 1.82) is 0 Å². The standard InChI is InChI=1S/C12H17BrN2O/c1-7-4-10(13)5-8(2)12(7)15-11(16)6-9(3)14/h4-5,9H,6,14H2,1-3H3,(H,15,16). The molecule has 0 radical (unpaired) electrons. The molecule has 3 N–H and O–H groups in total. The molecule has 0 bridgehead atoms. The van der Waals surface area contributed by atoms with Crippen molar-refractivity contribution in [1.82, 2.24) is 0 Å². The Morgan fingerprint density at radius 2 is 1.94 bits per heavy atom. The van der Waals surface area contributed by atoms with Crippen LogP contribution in [0.4, 0.5) is 5.69 Å². The molecule has 0 aliphatic heterocycles. The van der Waals surface area contributed by atoms with Gasteiger partial charge in [-0.2, -0.15) is 0 Å². The minimum atomic E-state index is -0.115. The van der Waals surface area contributed by atoms with Crippen LogP contribution >= 0.6 is 15.9 Å². The number of nitrogens with two attached hydrogens (primary N) is 1. The van der Waals surface area contributed by atoms with E-state index in [1.54, 1.807) is 0 Å². The van der Waals surface area contributed by atoms with Gasteiger partial charge >= 0.3 is 0 Å². The number of anilines is 1. The third-order valence-corrected chi connectivity index (χ3v) is 2.73. The summed E-state index contributed by atoms with van der Waals surface area (Å²) in [5.41, 5.74) is 8.55. The molecule has 0 saturated carbocycles. The Labute approximate surface area is 105 Å². The van der Waals surface area contributed by atoms with Crippen LogP contribution in [0, 0.1) is 13.8 Å². The highest BCUT2D eigenvalue weighted by Gasteiger charge is 2.09.